The lowest BCUT2D eigenvalue weighted by molar-refractivity contribution is -0.128. The van der Waals surface area contributed by atoms with Gasteiger partial charge in [-0.2, -0.15) is 10.2 Å². The highest BCUT2D eigenvalue weighted by atomic mass is 79.9. The van der Waals surface area contributed by atoms with Crippen LogP contribution in [0.15, 0.2) is 107 Å². The van der Waals surface area contributed by atoms with E-state index in [4.69, 9.17) is 9.84 Å². The maximum Gasteiger partial charge on any atom is 0.281 e. The minimum atomic E-state index is -0.701. The number of para-hydroxylation sites is 1. The fourth-order valence-corrected chi connectivity index (χ4v) is 4.73. The van der Waals surface area contributed by atoms with Crippen molar-refractivity contribution in [1.82, 2.24) is 15.2 Å². The molecule has 0 spiro atoms. The topological polar surface area (TPSA) is 68.5 Å². The second kappa shape index (κ2) is 11.4. The van der Waals surface area contributed by atoms with Crippen LogP contribution in [0.1, 0.15) is 24.5 Å². The van der Waals surface area contributed by atoms with Gasteiger partial charge >= 0.3 is 0 Å². The molecule has 190 valence electrons. The van der Waals surface area contributed by atoms with E-state index in [2.05, 4.69) is 26.5 Å². The zero-order valence-corrected chi connectivity index (χ0v) is 22.7. The average Bonchev–Trinajstić information content (AvgIpc) is 3.38. The van der Waals surface area contributed by atoms with Gasteiger partial charge in [0.15, 0.2) is 6.10 Å². The van der Waals surface area contributed by atoms with Crippen LogP contribution in [0.4, 0.5) is 0 Å². The van der Waals surface area contributed by atoms with Crippen LogP contribution in [0, 0.1) is 6.92 Å². The fourth-order valence-electron chi connectivity index (χ4n) is 4.15. The number of amides is 1. The molecule has 38 heavy (non-hydrogen) atoms. The van der Waals surface area contributed by atoms with E-state index in [1.807, 2.05) is 116 Å². The molecule has 4 aromatic carbocycles. The summed E-state index contributed by atoms with van der Waals surface area (Å²) in [5, 5.41) is 11.2. The number of hydrogen-bond acceptors (Lipinski definition) is 4. The largest absolute Gasteiger partial charge is 0.479 e. The van der Waals surface area contributed by atoms with Crippen LogP contribution in [0.3, 0.4) is 0 Å². The fraction of sp³-hybridized carbons (Fsp3) is 0.129. The number of nitrogens with one attached hydrogen (secondary N) is 1. The lowest BCUT2D eigenvalue weighted by atomic mass is 10.1. The molecule has 0 aliphatic carbocycles. The lowest BCUT2D eigenvalue weighted by Crippen LogP contribution is -2.35. The smallest absolute Gasteiger partial charge is 0.281 e. The summed E-state index contributed by atoms with van der Waals surface area (Å²) >= 11 is 3.63. The van der Waals surface area contributed by atoms with Crippen molar-refractivity contribution in [3.63, 3.8) is 0 Å². The predicted molar refractivity (Wildman–Crippen MR) is 156 cm³/mol. The van der Waals surface area contributed by atoms with E-state index in [0.29, 0.717) is 12.2 Å². The molecule has 0 saturated heterocycles. The Morgan fingerprint density at radius 1 is 1.03 bits per heavy atom. The van der Waals surface area contributed by atoms with E-state index in [1.54, 1.807) is 6.21 Å². The summed E-state index contributed by atoms with van der Waals surface area (Å²) < 4.78 is 8.72. The Hall–Kier alpha value is -4.23. The molecule has 1 atom stereocenters. The summed E-state index contributed by atoms with van der Waals surface area (Å²) in [5.74, 6) is 0.289. The Labute approximate surface area is 230 Å². The molecule has 1 N–H and O–H groups in total. The Bertz CT molecular complexity index is 1590. The highest BCUT2D eigenvalue weighted by Gasteiger charge is 2.20. The Morgan fingerprint density at radius 3 is 2.53 bits per heavy atom. The van der Waals surface area contributed by atoms with E-state index < -0.39 is 6.10 Å². The molecule has 5 aromatic rings. The molecule has 5 rings (SSSR count). The van der Waals surface area contributed by atoms with Gasteiger partial charge in [0.2, 0.25) is 0 Å². The van der Waals surface area contributed by atoms with Gasteiger partial charge in [0.1, 0.15) is 11.4 Å². The number of fused-ring (bicyclic) bond motifs is 1. The number of aryl methyl sites for hydroxylation is 1. The molecule has 0 bridgehead atoms. The molecule has 0 saturated carbocycles. The number of carbonyl (C=O) groups is 1. The van der Waals surface area contributed by atoms with E-state index in [-0.39, 0.29) is 5.91 Å². The van der Waals surface area contributed by atoms with Crippen LogP contribution in [-0.4, -0.2) is 28.0 Å². The number of carbonyl (C=O) groups excluding carboxylic acids is 1. The van der Waals surface area contributed by atoms with Crippen LogP contribution in [0.5, 0.6) is 5.75 Å². The number of nitrogens with zero attached hydrogens (tertiary/aromatic N) is 3. The zero-order chi connectivity index (χ0) is 26.5. The predicted octanol–water partition coefficient (Wildman–Crippen LogP) is 7.07. The highest BCUT2D eigenvalue weighted by Crippen LogP contribution is 2.34. The maximum absolute atomic E-state index is 13.0. The molecule has 0 radical (unpaired) electrons. The molecule has 0 aliphatic rings. The molecular weight excluding hydrogens is 540 g/mol. The van der Waals surface area contributed by atoms with Gasteiger partial charge in [0, 0.05) is 17.3 Å². The quantitative estimate of drug-likeness (QED) is 0.161. The van der Waals surface area contributed by atoms with Crippen molar-refractivity contribution in [1.29, 1.82) is 0 Å². The van der Waals surface area contributed by atoms with Crippen molar-refractivity contribution in [2.75, 3.05) is 0 Å². The Morgan fingerprint density at radius 2 is 1.76 bits per heavy atom. The second-order valence-electron chi connectivity index (χ2n) is 8.93. The van der Waals surface area contributed by atoms with Crippen molar-refractivity contribution >= 4 is 38.8 Å². The number of halogens is 1. The average molecular weight is 567 g/mol. The monoisotopic (exact) mass is 566 g/mol. The third-order valence-corrected chi connectivity index (χ3v) is 7.04. The molecule has 1 amide bonds. The SMILES string of the molecule is CCC(Oc1ccc2ccccc2c1Br)C(=O)NN=Cc1cn(-c2ccccc2)nc1-c1ccc(C)cc1. The Balaban J connectivity index is 1.36. The van der Waals surface area contributed by atoms with Gasteiger partial charge < -0.3 is 4.74 Å². The number of ether oxygens (including phenoxy) is 1. The molecule has 7 heteroatoms. The number of rotatable bonds is 8. The normalized spacial score (nSPS) is 12.1. The summed E-state index contributed by atoms with van der Waals surface area (Å²) in [5.41, 5.74) is 7.27. The minimum Gasteiger partial charge on any atom is -0.479 e. The van der Waals surface area contributed by atoms with Gasteiger partial charge in [-0.1, -0.05) is 85.3 Å². The molecule has 0 aliphatic heterocycles. The van der Waals surface area contributed by atoms with Crippen LogP contribution < -0.4 is 10.2 Å². The van der Waals surface area contributed by atoms with E-state index in [9.17, 15) is 4.79 Å². The van der Waals surface area contributed by atoms with Gasteiger partial charge in [-0.3, -0.25) is 4.79 Å². The Kier molecular flexibility index (Phi) is 7.65. The van der Waals surface area contributed by atoms with E-state index in [1.165, 1.54) is 5.56 Å². The lowest BCUT2D eigenvalue weighted by Gasteiger charge is -2.17. The standard InChI is InChI=1S/C31H27BrN4O2/c1-3-27(38-28-18-17-22-9-7-8-12-26(22)29(28)32)31(37)34-33-19-24-20-36(25-10-5-4-6-11-25)35-30(24)23-15-13-21(2)14-16-23/h4-20,27H,3H2,1-2H3,(H,34,37). The van der Waals surface area contributed by atoms with Crippen molar-refractivity contribution in [2.45, 2.75) is 26.4 Å². The number of aromatic nitrogens is 2. The molecular formula is C31H27BrN4O2. The summed E-state index contributed by atoms with van der Waals surface area (Å²) in [6.07, 6.45) is 3.31. The summed E-state index contributed by atoms with van der Waals surface area (Å²) in [7, 11) is 0. The van der Waals surface area contributed by atoms with Crippen molar-refractivity contribution in [3.8, 4) is 22.7 Å². The van der Waals surface area contributed by atoms with Gasteiger partial charge in [0.25, 0.3) is 5.91 Å². The third-order valence-electron chi connectivity index (χ3n) is 6.23. The number of benzene rings is 4. The first-order chi connectivity index (χ1) is 18.5. The van der Waals surface area contributed by atoms with E-state index >= 15 is 0 Å². The maximum atomic E-state index is 13.0. The molecule has 1 heterocycles. The van der Waals surface area contributed by atoms with Crippen LogP contribution >= 0.6 is 15.9 Å². The molecule has 6 nitrogen and oxygen atoms in total. The summed E-state index contributed by atoms with van der Waals surface area (Å²) in [6, 6.07) is 29.9. The van der Waals surface area contributed by atoms with Crippen molar-refractivity contribution < 1.29 is 9.53 Å². The summed E-state index contributed by atoms with van der Waals surface area (Å²) in [4.78, 5) is 13.0. The summed E-state index contributed by atoms with van der Waals surface area (Å²) in [6.45, 7) is 3.95. The molecule has 1 aromatic heterocycles. The minimum absolute atomic E-state index is 0.323. The molecule has 0 fully saturated rings. The first kappa shape index (κ1) is 25.4. The van der Waals surface area contributed by atoms with Gasteiger partial charge in [-0.15, -0.1) is 0 Å². The van der Waals surface area contributed by atoms with Crippen LogP contribution in [-0.2, 0) is 4.79 Å². The van der Waals surface area contributed by atoms with E-state index in [0.717, 1.165) is 37.8 Å². The molecule has 1 unspecified atom stereocenters. The first-order valence-corrected chi connectivity index (χ1v) is 13.2. The van der Waals surface area contributed by atoms with Gasteiger partial charge in [-0.05, 0) is 58.2 Å². The van der Waals surface area contributed by atoms with Gasteiger partial charge in [0.05, 0.1) is 16.4 Å². The van der Waals surface area contributed by atoms with Gasteiger partial charge in [-0.25, -0.2) is 10.1 Å². The van der Waals surface area contributed by atoms with Crippen molar-refractivity contribution in [2.24, 2.45) is 5.10 Å². The first-order valence-electron chi connectivity index (χ1n) is 12.4. The third kappa shape index (κ3) is 5.53. The van der Waals surface area contributed by atoms with Crippen LogP contribution in [0.2, 0.25) is 0 Å². The highest BCUT2D eigenvalue weighted by molar-refractivity contribution is 9.10. The van der Waals surface area contributed by atoms with Crippen molar-refractivity contribution in [3.05, 3.63) is 113 Å². The number of hydrazone groups is 1. The second-order valence-corrected chi connectivity index (χ2v) is 9.72. The number of hydrogen-bond donors (Lipinski definition) is 1. The van der Waals surface area contributed by atoms with Crippen LogP contribution in [0.25, 0.3) is 27.7 Å². The zero-order valence-electron chi connectivity index (χ0n) is 21.1.